The second-order valence-electron chi connectivity index (χ2n) is 5.40. The Hall–Kier alpha value is -2.64. The van der Waals surface area contributed by atoms with Crippen molar-refractivity contribution in [3.8, 4) is 0 Å². The minimum atomic E-state index is -3.34. The van der Waals surface area contributed by atoms with Gasteiger partial charge in [-0.1, -0.05) is 11.6 Å². The van der Waals surface area contributed by atoms with E-state index in [1.165, 1.54) is 0 Å². The van der Waals surface area contributed by atoms with E-state index in [0.29, 0.717) is 32.9 Å². The number of hydrogen-bond acceptors (Lipinski definition) is 4. The molecule has 0 saturated heterocycles. The molecule has 128 valence electrons. The number of halogens is 1. The van der Waals surface area contributed by atoms with Crippen molar-refractivity contribution in [1.29, 1.82) is 0 Å². The molecular formula is C17H14ClN3O3S. The summed E-state index contributed by atoms with van der Waals surface area (Å²) in [5, 5.41) is 3.98. The standard InChI is InChI=1S/C17H14ClN3O3S/c1-25(23,24)21-12-6-4-11(5-7-12)20-17(22)14-8-9-15(18)13-3-2-10-19-16(13)14/h2-10,21H,1H3,(H,20,22). The number of hydrogen-bond donors (Lipinski definition) is 2. The zero-order chi connectivity index (χ0) is 18.0. The largest absolute Gasteiger partial charge is 0.322 e. The summed E-state index contributed by atoms with van der Waals surface area (Å²) in [7, 11) is -3.34. The molecule has 0 saturated carbocycles. The molecule has 0 aliphatic carbocycles. The quantitative estimate of drug-likeness (QED) is 0.730. The summed E-state index contributed by atoms with van der Waals surface area (Å²) >= 11 is 6.14. The number of carbonyl (C=O) groups is 1. The number of sulfonamides is 1. The highest BCUT2D eigenvalue weighted by Gasteiger charge is 2.13. The van der Waals surface area contributed by atoms with Crippen LogP contribution in [-0.2, 0) is 10.0 Å². The molecule has 1 heterocycles. The van der Waals surface area contributed by atoms with Crippen LogP contribution in [0.4, 0.5) is 11.4 Å². The number of anilines is 2. The first-order valence-electron chi connectivity index (χ1n) is 7.26. The van der Waals surface area contributed by atoms with Gasteiger partial charge in [-0.05, 0) is 48.5 Å². The normalized spacial score (nSPS) is 11.3. The van der Waals surface area contributed by atoms with Gasteiger partial charge in [-0.25, -0.2) is 8.42 Å². The number of nitrogens with one attached hydrogen (secondary N) is 2. The predicted molar refractivity (Wildman–Crippen MR) is 99.6 cm³/mol. The smallest absolute Gasteiger partial charge is 0.257 e. The Kier molecular flexibility index (Phi) is 4.61. The van der Waals surface area contributed by atoms with Crippen LogP contribution in [0.25, 0.3) is 10.9 Å². The highest BCUT2D eigenvalue weighted by Crippen LogP contribution is 2.25. The van der Waals surface area contributed by atoms with E-state index in [9.17, 15) is 13.2 Å². The molecule has 3 rings (SSSR count). The van der Waals surface area contributed by atoms with E-state index in [4.69, 9.17) is 11.6 Å². The lowest BCUT2D eigenvalue weighted by molar-refractivity contribution is 0.102. The van der Waals surface area contributed by atoms with E-state index in [-0.39, 0.29) is 5.91 Å². The van der Waals surface area contributed by atoms with Crippen molar-refractivity contribution in [2.75, 3.05) is 16.3 Å². The summed E-state index contributed by atoms with van der Waals surface area (Å²) in [6.45, 7) is 0. The number of carbonyl (C=O) groups excluding carboxylic acids is 1. The van der Waals surface area contributed by atoms with Gasteiger partial charge in [0.1, 0.15) is 0 Å². The molecule has 0 bridgehead atoms. The van der Waals surface area contributed by atoms with Gasteiger partial charge in [-0.3, -0.25) is 14.5 Å². The first-order chi connectivity index (χ1) is 11.8. The molecular weight excluding hydrogens is 362 g/mol. The summed E-state index contributed by atoms with van der Waals surface area (Å²) < 4.78 is 24.8. The minimum absolute atomic E-state index is 0.329. The molecule has 1 aromatic heterocycles. The number of fused-ring (bicyclic) bond motifs is 1. The molecule has 2 aromatic carbocycles. The highest BCUT2D eigenvalue weighted by atomic mass is 35.5. The molecule has 0 atom stereocenters. The first-order valence-corrected chi connectivity index (χ1v) is 9.53. The lowest BCUT2D eigenvalue weighted by atomic mass is 10.1. The average Bonchev–Trinajstić information content (AvgIpc) is 2.56. The summed E-state index contributed by atoms with van der Waals surface area (Å²) in [6.07, 6.45) is 2.67. The van der Waals surface area contributed by atoms with Gasteiger partial charge in [0.2, 0.25) is 10.0 Å². The van der Waals surface area contributed by atoms with E-state index in [1.54, 1.807) is 54.7 Å². The van der Waals surface area contributed by atoms with Crippen molar-refractivity contribution in [3.05, 3.63) is 65.3 Å². The van der Waals surface area contributed by atoms with Gasteiger partial charge in [0, 0.05) is 23.0 Å². The highest BCUT2D eigenvalue weighted by molar-refractivity contribution is 7.92. The summed E-state index contributed by atoms with van der Waals surface area (Å²) in [5.74, 6) is -0.329. The van der Waals surface area contributed by atoms with E-state index in [0.717, 1.165) is 6.26 Å². The monoisotopic (exact) mass is 375 g/mol. The molecule has 3 aromatic rings. The lowest BCUT2D eigenvalue weighted by Crippen LogP contribution is -2.13. The van der Waals surface area contributed by atoms with Crippen LogP contribution in [0.3, 0.4) is 0 Å². The van der Waals surface area contributed by atoms with Gasteiger partial charge in [-0.15, -0.1) is 0 Å². The second kappa shape index (κ2) is 6.70. The Morgan fingerprint density at radius 1 is 1.04 bits per heavy atom. The third-order valence-electron chi connectivity index (χ3n) is 3.41. The van der Waals surface area contributed by atoms with Crippen LogP contribution in [0, 0.1) is 0 Å². The Morgan fingerprint density at radius 3 is 2.40 bits per heavy atom. The van der Waals surface area contributed by atoms with E-state index in [2.05, 4.69) is 15.0 Å². The minimum Gasteiger partial charge on any atom is -0.322 e. The van der Waals surface area contributed by atoms with Crippen LogP contribution in [0.2, 0.25) is 5.02 Å². The number of pyridine rings is 1. The molecule has 6 nitrogen and oxygen atoms in total. The maximum absolute atomic E-state index is 12.5. The van der Waals surface area contributed by atoms with Crippen molar-refractivity contribution in [3.63, 3.8) is 0 Å². The van der Waals surface area contributed by atoms with Crippen molar-refractivity contribution >= 4 is 49.8 Å². The third kappa shape index (κ3) is 4.07. The predicted octanol–water partition coefficient (Wildman–Crippen LogP) is 3.51. The number of benzene rings is 2. The molecule has 1 amide bonds. The van der Waals surface area contributed by atoms with Crippen LogP contribution in [0.5, 0.6) is 0 Å². The Morgan fingerprint density at radius 2 is 1.72 bits per heavy atom. The van der Waals surface area contributed by atoms with Crippen LogP contribution < -0.4 is 10.0 Å². The molecule has 2 N–H and O–H groups in total. The second-order valence-corrected chi connectivity index (χ2v) is 7.56. The van der Waals surface area contributed by atoms with Gasteiger partial charge < -0.3 is 5.32 Å². The fraction of sp³-hybridized carbons (Fsp3) is 0.0588. The van der Waals surface area contributed by atoms with Crippen LogP contribution in [-0.4, -0.2) is 25.6 Å². The zero-order valence-corrected chi connectivity index (χ0v) is 14.7. The SMILES string of the molecule is CS(=O)(=O)Nc1ccc(NC(=O)c2ccc(Cl)c3cccnc23)cc1. The third-order valence-corrected chi connectivity index (χ3v) is 4.34. The van der Waals surface area contributed by atoms with Crippen molar-refractivity contribution in [2.45, 2.75) is 0 Å². The molecule has 0 aliphatic heterocycles. The maximum atomic E-state index is 12.5. The van der Waals surface area contributed by atoms with E-state index >= 15 is 0 Å². The average molecular weight is 376 g/mol. The summed E-state index contributed by atoms with van der Waals surface area (Å²) in [6, 6.07) is 13.2. The number of rotatable bonds is 4. The van der Waals surface area contributed by atoms with Gasteiger partial charge in [-0.2, -0.15) is 0 Å². The fourth-order valence-electron chi connectivity index (χ4n) is 2.36. The zero-order valence-electron chi connectivity index (χ0n) is 13.2. The lowest BCUT2D eigenvalue weighted by Gasteiger charge is -2.09. The van der Waals surface area contributed by atoms with Crippen LogP contribution in [0.15, 0.2) is 54.7 Å². The fourth-order valence-corrected chi connectivity index (χ4v) is 3.13. The molecule has 0 spiro atoms. The molecule has 0 fully saturated rings. The Labute approximate surface area is 149 Å². The molecule has 8 heteroatoms. The van der Waals surface area contributed by atoms with Crippen molar-refractivity contribution in [1.82, 2.24) is 4.98 Å². The Balaban J connectivity index is 1.85. The molecule has 0 aliphatic rings. The van der Waals surface area contributed by atoms with Crippen LogP contribution >= 0.6 is 11.6 Å². The topological polar surface area (TPSA) is 88.2 Å². The van der Waals surface area contributed by atoms with Crippen molar-refractivity contribution in [2.24, 2.45) is 0 Å². The Bertz CT molecular complexity index is 1050. The van der Waals surface area contributed by atoms with Gasteiger partial charge >= 0.3 is 0 Å². The van der Waals surface area contributed by atoms with Gasteiger partial charge in [0.05, 0.1) is 22.4 Å². The summed E-state index contributed by atoms with van der Waals surface area (Å²) in [4.78, 5) is 16.8. The van der Waals surface area contributed by atoms with Crippen molar-refractivity contribution < 1.29 is 13.2 Å². The molecule has 25 heavy (non-hydrogen) atoms. The van der Waals surface area contributed by atoms with E-state index < -0.39 is 10.0 Å². The number of nitrogens with zero attached hydrogens (tertiary/aromatic N) is 1. The van der Waals surface area contributed by atoms with E-state index in [1.807, 2.05) is 0 Å². The number of aromatic nitrogens is 1. The van der Waals surface area contributed by atoms with Crippen LogP contribution in [0.1, 0.15) is 10.4 Å². The maximum Gasteiger partial charge on any atom is 0.257 e. The first kappa shape index (κ1) is 17.2. The molecule has 0 unspecified atom stereocenters. The summed E-state index contributed by atoms with van der Waals surface area (Å²) in [5.41, 5.74) is 1.86. The molecule has 0 radical (unpaired) electrons. The van der Waals surface area contributed by atoms with Gasteiger partial charge in [0.25, 0.3) is 5.91 Å². The van der Waals surface area contributed by atoms with Gasteiger partial charge in [0.15, 0.2) is 0 Å². The number of amides is 1.